The molecule has 1 spiro atoms. The third-order valence-electron chi connectivity index (χ3n) is 8.84. The smallest absolute Gasteiger partial charge is 0.264 e. The van der Waals surface area contributed by atoms with Gasteiger partial charge in [0, 0.05) is 43.1 Å². The van der Waals surface area contributed by atoms with Gasteiger partial charge in [0.05, 0.1) is 16.5 Å². The van der Waals surface area contributed by atoms with Crippen LogP contribution in [0.2, 0.25) is 0 Å². The number of fused-ring (bicyclic) bond motifs is 4. The van der Waals surface area contributed by atoms with Gasteiger partial charge in [0.2, 0.25) is 17.7 Å². The molecule has 2 aliphatic rings. The van der Waals surface area contributed by atoms with Crippen LogP contribution < -0.4 is 14.8 Å². The summed E-state index contributed by atoms with van der Waals surface area (Å²) in [7, 11) is -4.14. The van der Waals surface area contributed by atoms with E-state index in [0.29, 0.717) is 18.8 Å². The Morgan fingerprint density at radius 3 is 2.23 bits per heavy atom. The maximum absolute atomic E-state index is 14.1. The van der Waals surface area contributed by atoms with Crippen LogP contribution in [0.4, 0.5) is 5.95 Å². The first-order chi connectivity index (χ1) is 22.2. The van der Waals surface area contributed by atoms with Gasteiger partial charge in [-0.15, -0.1) is 0 Å². The van der Waals surface area contributed by atoms with Gasteiger partial charge in [-0.2, -0.15) is 4.98 Å². The van der Waals surface area contributed by atoms with Crippen LogP contribution in [0.1, 0.15) is 66.6 Å². The van der Waals surface area contributed by atoms with E-state index in [0.717, 1.165) is 22.3 Å². The van der Waals surface area contributed by atoms with Crippen LogP contribution in [-0.2, 0) is 14.8 Å². The second-order valence-electron chi connectivity index (χ2n) is 13.4. The minimum Gasteiger partial charge on any atom is -0.451 e. The van der Waals surface area contributed by atoms with Gasteiger partial charge in [-0.3, -0.25) is 9.59 Å². The molecule has 1 atom stereocenters. The molecule has 3 aromatic carbocycles. The number of aryl methyl sites for hydroxylation is 2. The topological polar surface area (TPSA) is 131 Å². The van der Waals surface area contributed by atoms with Crippen molar-refractivity contribution < 1.29 is 22.7 Å². The molecule has 6 rings (SSSR count). The van der Waals surface area contributed by atoms with Crippen molar-refractivity contribution >= 4 is 27.8 Å². The molecule has 1 aromatic heterocycles. The number of rotatable bonds is 3. The van der Waals surface area contributed by atoms with E-state index in [-0.39, 0.29) is 52.4 Å². The van der Waals surface area contributed by atoms with E-state index in [1.54, 1.807) is 12.1 Å². The Hall–Kier alpha value is -4.77. The Bertz CT molecular complexity index is 1930. The van der Waals surface area contributed by atoms with Crippen LogP contribution >= 0.6 is 0 Å². The molecule has 0 aliphatic carbocycles. The average molecular weight is 654 g/mol. The van der Waals surface area contributed by atoms with Crippen molar-refractivity contribution in [2.24, 2.45) is 5.41 Å². The fourth-order valence-corrected chi connectivity index (χ4v) is 7.50. The summed E-state index contributed by atoms with van der Waals surface area (Å²) >= 11 is 0. The Morgan fingerprint density at radius 1 is 0.915 bits per heavy atom. The molecule has 244 valence electrons. The standard InChI is InChI=1S/C36H39N5O5S/c1-23-11-9-12-24(2)30(23)28-22-29-38-34(37-28)40-47(44,45)27-16-10-15-26(21-27)32(42)39-36(46-29)17-19-41(20-18-36)33(43)31(35(3,4)5)25-13-7-6-8-14-25/h6-16,21-22,31H,17-20H2,1-5H3,(H,39,42)(H,37,38,40). The first-order valence-electron chi connectivity index (χ1n) is 15.7. The fourth-order valence-electron chi connectivity index (χ4n) is 6.51. The Morgan fingerprint density at radius 2 is 1.57 bits per heavy atom. The summed E-state index contributed by atoms with van der Waals surface area (Å²) in [4.78, 5) is 38.6. The van der Waals surface area contributed by atoms with Gasteiger partial charge < -0.3 is 15.0 Å². The van der Waals surface area contributed by atoms with Gasteiger partial charge >= 0.3 is 0 Å². The average Bonchev–Trinajstić information content (AvgIpc) is 3.00. The molecular weight excluding hydrogens is 614 g/mol. The molecule has 1 fully saturated rings. The third kappa shape index (κ3) is 6.58. The first-order valence-corrected chi connectivity index (χ1v) is 17.2. The number of ether oxygens (including phenoxy) is 1. The maximum Gasteiger partial charge on any atom is 0.264 e. The first kappa shape index (κ1) is 32.2. The van der Waals surface area contributed by atoms with E-state index in [1.807, 2.05) is 67.3 Å². The van der Waals surface area contributed by atoms with E-state index < -0.39 is 21.7 Å². The number of hydrogen-bond acceptors (Lipinski definition) is 7. The zero-order valence-electron chi connectivity index (χ0n) is 27.2. The van der Waals surface area contributed by atoms with E-state index in [4.69, 9.17) is 4.74 Å². The molecular formula is C36H39N5O5S. The van der Waals surface area contributed by atoms with E-state index in [2.05, 4.69) is 40.8 Å². The molecule has 0 saturated carbocycles. The van der Waals surface area contributed by atoms with Crippen LogP contribution in [0.15, 0.2) is 83.8 Å². The number of sulfonamides is 1. The summed E-state index contributed by atoms with van der Waals surface area (Å²) in [6, 6.07) is 23.1. The summed E-state index contributed by atoms with van der Waals surface area (Å²) in [5.74, 6) is -0.900. The van der Waals surface area contributed by atoms with E-state index >= 15 is 0 Å². The Labute approximate surface area is 275 Å². The molecule has 0 radical (unpaired) electrons. The SMILES string of the molecule is Cc1cccc(C)c1-c1cc2nc(n1)NS(=O)(=O)c1cccc(c1)C(=O)NC1(CCN(C(=O)C(c3ccccc3)C(C)(C)C)CC1)O2. The summed E-state index contributed by atoms with van der Waals surface area (Å²) in [5.41, 5.74) is 2.73. The lowest BCUT2D eigenvalue weighted by molar-refractivity contribution is -0.139. The van der Waals surface area contributed by atoms with Crippen molar-refractivity contribution in [3.8, 4) is 17.1 Å². The fraction of sp³-hybridized carbons (Fsp3) is 0.333. The lowest BCUT2D eigenvalue weighted by atomic mass is 9.75. The number of nitrogens with zero attached hydrogens (tertiary/aromatic N) is 3. The second-order valence-corrected chi connectivity index (χ2v) is 15.1. The molecule has 4 bridgehead atoms. The highest BCUT2D eigenvalue weighted by atomic mass is 32.2. The highest BCUT2D eigenvalue weighted by molar-refractivity contribution is 7.92. The third-order valence-corrected chi connectivity index (χ3v) is 10.2. The van der Waals surface area contributed by atoms with Crippen LogP contribution in [-0.4, -0.2) is 53.9 Å². The van der Waals surface area contributed by atoms with E-state index in [9.17, 15) is 18.0 Å². The number of nitrogens with one attached hydrogen (secondary N) is 2. The number of amides is 2. The minimum absolute atomic E-state index is 0.0155. The van der Waals surface area contributed by atoms with Gasteiger partial charge in [-0.05, 0) is 54.2 Å². The molecule has 4 aromatic rings. The van der Waals surface area contributed by atoms with Crippen molar-refractivity contribution in [2.45, 2.75) is 64.0 Å². The summed E-state index contributed by atoms with van der Waals surface area (Å²) < 4.78 is 35.9. The Balaban J connectivity index is 1.40. The molecule has 2 N–H and O–H groups in total. The number of piperidine rings is 1. The number of benzene rings is 3. The zero-order chi connectivity index (χ0) is 33.6. The molecule has 2 aliphatic heterocycles. The summed E-state index contributed by atoms with van der Waals surface area (Å²) in [5, 5.41) is 3.05. The number of likely N-dealkylation sites (tertiary alicyclic amines) is 1. The molecule has 3 heterocycles. The van der Waals surface area contributed by atoms with Crippen LogP contribution in [0.5, 0.6) is 5.88 Å². The number of carbonyl (C=O) groups excluding carboxylic acids is 2. The molecule has 1 saturated heterocycles. The highest BCUT2D eigenvalue weighted by Gasteiger charge is 2.43. The van der Waals surface area contributed by atoms with Gasteiger partial charge in [-0.1, -0.05) is 75.4 Å². The Kier molecular flexibility index (Phi) is 8.29. The number of aromatic nitrogens is 2. The lowest BCUT2D eigenvalue weighted by Gasteiger charge is -2.44. The van der Waals surface area contributed by atoms with Crippen molar-refractivity contribution in [1.29, 1.82) is 0 Å². The number of hydrogen-bond donors (Lipinski definition) is 2. The van der Waals surface area contributed by atoms with Crippen molar-refractivity contribution in [1.82, 2.24) is 20.2 Å². The van der Waals surface area contributed by atoms with Crippen LogP contribution in [0.3, 0.4) is 0 Å². The highest BCUT2D eigenvalue weighted by Crippen LogP contribution is 2.39. The van der Waals surface area contributed by atoms with Crippen molar-refractivity contribution in [3.05, 3.63) is 101 Å². The summed E-state index contributed by atoms with van der Waals surface area (Å²) in [6.45, 7) is 10.7. The predicted molar refractivity (Wildman–Crippen MR) is 179 cm³/mol. The van der Waals surface area contributed by atoms with Gasteiger partial charge in [0.1, 0.15) is 0 Å². The van der Waals surface area contributed by atoms with Crippen LogP contribution in [0, 0.1) is 19.3 Å². The number of anilines is 1. The van der Waals surface area contributed by atoms with Gasteiger partial charge in [-0.25, -0.2) is 18.1 Å². The minimum atomic E-state index is -4.14. The molecule has 2 amide bonds. The van der Waals surface area contributed by atoms with Gasteiger partial charge in [0.15, 0.2) is 5.72 Å². The molecule has 10 nitrogen and oxygen atoms in total. The summed E-state index contributed by atoms with van der Waals surface area (Å²) in [6.07, 6.45) is 0.555. The quantitative estimate of drug-likeness (QED) is 0.285. The normalized spacial score (nSPS) is 17.7. The van der Waals surface area contributed by atoms with Crippen molar-refractivity contribution in [2.75, 3.05) is 17.8 Å². The molecule has 1 unspecified atom stereocenters. The number of carbonyl (C=O) groups is 2. The monoisotopic (exact) mass is 653 g/mol. The van der Waals surface area contributed by atoms with Crippen LogP contribution in [0.25, 0.3) is 11.3 Å². The van der Waals surface area contributed by atoms with Crippen molar-refractivity contribution in [3.63, 3.8) is 0 Å². The molecule has 47 heavy (non-hydrogen) atoms. The maximum atomic E-state index is 14.1. The predicted octanol–water partition coefficient (Wildman–Crippen LogP) is 5.83. The largest absolute Gasteiger partial charge is 0.451 e. The van der Waals surface area contributed by atoms with E-state index in [1.165, 1.54) is 18.2 Å². The second kappa shape index (κ2) is 12.1. The lowest BCUT2D eigenvalue weighted by Crippen LogP contribution is -2.60. The van der Waals surface area contributed by atoms with Gasteiger partial charge in [0.25, 0.3) is 15.9 Å². The zero-order valence-corrected chi connectivity index (χ0v) is 28.0. The molecule has 11 heteroatoms.